The van der Waals surface area contributed by atoms with Crippen LogP contribution in [0.1, 0.15) is 38.0 Å². The predicted molar refractivity (Wildman–Crippen MR) is 124 cm³/mol. The zero-order chi connectivity index (χ0) is 19.7. The summed E-state index contributed by atoms with van der Waals surface area (Å²) in [4.78, 5) is 8.56. The summed E-state index contributed by atoms with van der Waals surface area (Å²) in [7, 11) is 3.44. The third kappa shape index (κ3) is 8.05. The van der Waals surface area contributed by atoms with Gasteiger partial charge in [0, 0.05) is 38.3 Å². The van der Waals surface area contributed by atoms with Crippen LogP contribution in [-0.2, 0) is 23.2 Å². The van der Waals surface area contributed by atoms with Crippen LogP contribution in [0.5, 0.6) is 0 Å². The average molecular weight is 501 g/mol. The lowest BCUT2D eigenvalue weighted by Gasteiger charge is -2.13. The molecule has 2 rings (SSSR count). The first kappa shape index (κ1) is 24.2. The van der Waals surface area contributed by atoms with Crippen LogP contribution in [0.3, 0.4) is 0 Å². The second-order valence-electron chi connectivity index (χ2n) is 7.26. The highest BCUT2D eigenvalue weighted by Gasteiger charge is 2.19. The Bertz CT molecular complexity index is 723. The standard InChI is InChI=1S/C20H31N5O2.HI/c1-20(2,3)17-13-23-18(27-17)14-25-19(21-4)24-12-15-6-8-16(9-7-15)22-10-11-26-5;/h6-9,13,22H,10-12,14H2,1-5H3,(H2,21,24,25);1H. The molecule has 2 aromatic rings. The van der Waals surface area contributed by atoms with Gasteiger partial charge in [0.25, 0.3) is 0 Å². The second kappa shape index (κ2) is 11.9. The molecule has 1 aromatic heterocycles. The number of nitrogens with zero attached hydrogens (tertiary/aromatic N) is 2. The van der Waals surface area contributed by atoms with E-state index < -0.39 is 0 Å². The van der Waals surface area contributed by atoms with E-state index in [1.165, 1.54) is 5.56 Å². The van der Waals surface area contributed by atoms with Gasteiger partial charge >= 0.3 is 0 Å². The Morgan fingerprint density at radius 3 is 2.39 bits per heavy atom. The third-order valence-electron chi connectivity index (χ3n) is 3.97. The number of benzene rings is 1. The normalized spacial score (nSPS) is 11.7. The SMILES string of the molecule is CN=C(NCc1ccc(NCCOC)cc1)NCc1ncc(C(C)(C)C)o1.I. The molecule has 0 saturated carbocycles. The van der Waals surface area contributed by atoms with Crippen molar-refractivity contribution in [3.8, 4) is 0 Å². The number of nitrogens with one attached hydrogen (secondary N) is 3. The first-order chi connectivity index (χ1) is 12.9. The van der Waals surface area contributed by atoms with Gasteiger partial charge in [0.15, 0.2) is 5.96 Å². The predicted octanol–water partition coefficient (Wildman–Crippen LogP) is 3.51. The molecular formula is C20H32IN5O2. The fourth-order valence-corrected chi connectivity index (χ4v) is 2.34. The van der Waals surface area contributed by atoms with Gasteiger partial charge in [-0.2, -0.15) is 0 Å². The Labute approximate surface area is 184 Å². The van der Waals surface area contributed by atoms with E-state index in [4.69, 9.17) is 9.15 Å². The molecule has 28 heavy (non-hydrogen) atoms. The molecule has 7 nitrogen and oxygen atoms in total. The molecule has 0 spiro atoms. The number of rotatable bonds is 8. The lowest BCUT2D eigenvalue weighted by atomic mass is 9.94. The highest BCUT2D eigenvalue weighted by molar-refractivity contribution is 14.0. The average Bonchev–Trinajstić information content (AvgIpc) is 3.13. The molecule has 156 valence electrons. The largest absolute Gasteiger partial charge is 0.443 e. The van der Waals surface area contributed by atoms with Gasteiger partial charge in [0.05, 0.1) is 19.3 Å². The molecule has 1 heterocycles. The van der Waals surface area contributed by atoms with Gasteiger partial charge in [0.1, 0.15) is 5.76 Å². The Morgan fingerprint density at radius 2 is 1.82 bits per heavy atom. The summed E-state index contributed by atoms with van der Waals surface area (Å²) in [5.41, 5.74) is 2.20. The van der Waals surface area contributed by atoms with Crippen LogP contribution in [0.2, 0.25) is 0 Å². The first-order valence-electron chi connectivity index (χ1n) is 9.14. The van der Waals surface area contributed by atoms with Gasteiger partial charge in [-0.15, -0.1) is 24.0 Å². The van der Waals surface area contributed by atoms with E-state index in [9.17, 15) is 0 Å². The molecule has 0 radical (unpaired) electrons. The highest BCUT2D eigenvalue weighted by atomic mass is 127. The molecular weight excluding hydrogens is 469 g/mol. The molecule has 0 saturated heterocycles. The number of aromatic nitrogens is 1. The summed E-state index contributed by atoms with van der Waals surface area (Å²) in [5.74, 6) is 2.23. The Hall–Kier alpha value is -1.81. The molecule has 0 fully saturated rings. The van der Waals surface area contributed by atoms with E-state index in [1.807, 2.05) is 0 Å². The number of ether oxygens (including phenoxy) is 1. The highest BCUT2D eigenvalue weighted by Crippen LogP contribution is 2.22. The summed E-state index contributed by atoms with van der Waals surface area (Å²) in [6.45, 7) is 8.95. The molecule has 0 aliphatic heterocycles. The van der Waals surface area contributed by atoms with Crippen molar-refractivity contribution in [2.24, 2.45) is 4.99 Å². The molecule has 0 aliphatic rings. The van der Waals surface area contributed by atoms with Gasteiger partial charge in [-0.05, 0) is 17.7 Å². The molecule has 0 aliphatic carbocycles. The van der Waals surface area contributed by atoms with Crippen LogP contribution in [0.4, 0.5) is 5.69 Å². The summed E-state index contributed by atoms with van der Waals surface area (Å²) >= 11 is 0. The zero-order valence-corrected chi connectivity index (χ0v) is 19.7. The number of hydrogen-bond acceptors (Lipinski definition) is 5. The number of aliphatic imine (C=N–C) groups is 1. The summed E-state index contributed by atoms with van der Waals surface area (Å²) in [6, 6.07) is 8.28. The topological polar surface area (TPSA) is 83.7 Å². The van der Waals surface area contributed by atoms with E-state index >= 15 is 0 Å². The van der Waals surface area contributed by atoms with Crippen molar-refractivity contribution >= 4 is 35.6 Å². The molecule has 8 heteroatoms. The lowest BCUT2D eigenvalue weighted by Crippen LogP contribution is -2.36. The lowest BCUT2D eigenvalue weighted by molar-refractivity contribution is 0.211. The van der Waals surface area contributed by atoms with E-state index in [0.29, 0.717) is 31.5 Å². The number of oxazole rings is 1. The van der Waals surface area contributed by atoms with Crippen molar-refractivity contribution in [1.82, 2.24) is 15.6 Å². The van der Waals surface area contributed by atoms with Gasteiger partial charge < -0.3 is 25.1 Å². The number of methoxy groups -OCH3 is 1. The number of guanidine groups is 1. The van der Waals surface area contributed by atoms with E-state index in [1.54, 1.807) is 20.4 Å². The Balaban J connectivity index is 0.00000392. The number of hydrogen-bond donors (Lipinski definition) is 3. The van der Waals surface area contributed by atoms with Gasteiger partial charge in [-0.1, -0.05) is 32.9 Å². The van der Waals surface area contributed by atoms with Crippen LogP contribution in [0.25, 0.3) is 0 Å². The van der Waals surface area contributed by atoms with Crippen molar-refractivity contribution < 1.29 is 9.15 Å². The molecule has 0 bridgehead atoms. The minimum atomic E-state index is -0.0459. The molecule has 1 aromatic carbocycles. The van der Waals surface area contributed by atoms with Gasteiger partial charge in [-0.25, -0.2) is 4.98 Å². The zero-order valence-electron chi connectivity index (χ0n) is 17.3. The number of halogens is 1. The van der Waals surface area contributed by atoms with Crippen molar-refractivity contribution in [2.45, 2.75) is 39.3 Å². The van der Waals surface area contributed by atoms with Crippen LogP contribution in [0.15, 0.2) is 39.9 Å². The first-order valence-corrected chi connectivity index (χ1v) is 9.14. The minimum absolute atomic E-state index is 0. The van der Waals surface area contributed by atoms with Crippen molar-refractivity contribution in [1.29, 1.82) is 0 Å². The fraction of sp³-hybridized carbons (Fsp3) is 0.500. The summed E-state index contributed by atoms with van der Waals surface area (Å²) in [5, 5.41) is 9.82. The van der Waals surface area contributed by atoms with Gasteiger partial charge in [0.2, 0.25) is 5.89 Å². The van der Waals surface area contributed by atoms with E-state index in [0.717, 1.165) is 18.0 Å². The van der Waals surface area contributed by atoms with E-state index in [-0.39, 0.29) is 29.4 Å². The quantitative estimate of drug-likeness (QED) is 0.222. The van der Waals surface area contributed by atoms with Crippen LogP contribution in [0, 0.1) is 0 Å². The van der Waals surface area contributed by atoms with Crippen molar-refractivity contribution in [3.05, 3.63) is 47.7 Å². The van der Waals surface area contributed by atoms with Gasteiger partial charge in [-0.3, -0.25) is 4.99 Å². The summed E-state index contributed by atoms with van der Waals surface area (Å²) in [6.07, 6.45) is 1.79. The smallest absolute Gasteiger partial charge is 0.213 e. The van der Waals surface area contributed by atoms with Crippen LogP contribution < -0.4 is 16.0 Å². The maximum Gasteiger partial charge on any atom is 0.213 e. The third-order valence-corrected chi connectivity index (χ3v) is 3.97. The van der Waals surface area contributed by atoms with Crippen molar-refractivity contribution in [2.75, 3.05) is 32.6 Å². The number of anilines is 1. The van der Waals surface area contributed by atoms with Crippen LogP contribution in [-0.4, -0.2) is 38.3 Å². The Kier molecular flexibility index (Phi) is 10.3. The minimum Gasteiger partial charge on any atom is -0.443 e. The molecule has 0 atom stereocenters. The molecule has 3 N–H and O–H groups in total. The fourth-order valence-electron chi connectivity index (χ4n) is 2.34. The molecule has 0 amide bonds. The maximum atomic E-state index is 5.79. The van der Waals surface area contributed by atoms with E-state index in [2.05, 4.69) is 71.0 Å². The van der Waals surface area contributed by atoms with Crippen LogP contribution >= 0.6 is 24.0 Å². The Morgan fingerprint density at radius 1 is 1.14 bits per heavy atom. The monoisotopic (exact) mass is 501 g/mol. The maximum absolute atomic E-state index is 5.79. The molecule has 0 unspecified atom stereocenters. The summed E-state index contributed by atoms with van der Waals surface area (Å²) < 4.78 is 10.8. The van der Waals surface area contributed by atoms with Crippen molar-refractivity contribution in [3.63, 3.8) is 0 Å². The second-order valence-corrected chi connectivity index (χ2v) is 7.26.